The Morgan fingerprint density at radius 3 is 2.88 bits per heavy atom. The molecule has 1 heterocycles. The van der Waals surface area contributed by atoms with Crippen LogP contribution in [-0.4, -0.2) is 23.5 Å². The summed E-state index contributed by atoms with van der Waals surface area (Å²) in [6.07, 6.45) is 8.05. The molecular weight excluding hydrogens is 216 g/mol. The standard InChI is InChI=1S/C13H24N2S/c1-3-11-6-9-16-12(15-11)14-10-13(2)7-4-5-8-13/h11H,3-10H2,1-2H3,(H,14,15). The lowest BCUT2D eigenvalue weighted by Crippen LogP contribution is -2.37. The molecule has 0 radical (unpaired) electrons. The first-order valence-electron chi connectivity index (χ1n) is 6.66. The van der Waals surface area contributed by atoms with Gasteiger partial charge in [0.25, 0.3) is 0 Å². The highest BCUT2D eigenvalue weighted by molar-refractivity contribution is 8.13. The van der Waals surface area contributed by atoms with Crippen molar-refractivity contribution in [1.82, 2.24) is 5.32 Å². The Hall–Kier alpha value is -0.180. The van der Waals surface area contributed by atoms with Crippen molar-refractivity contribution in [3.8, 4) is 0 Å². The molecule has 1 saturated heterocycles. The van der Waals surface area contributed by atoms with Crippen molar-refractivity contribution in [1.29, 1.82) is 0 Å². The van der Waals surface area contributed by atoms with Gasteiger partial charge >= 0.3 is 0 Å². The van der Waals surface area contributed by atoms with E-state index in [0.717, 1.165) is 6.54 Å². The van der Waals surface area contributed by atoms with Gasteiger partial charge in [0.15, 0.2) is 5.17 Å². The normalized spacial score (nSPS) is 31.6. The van der Waals surface area contributed by atoms with Crippen molar-refractivity contribution < 1.29 is 0 Å². The van der Waals surface area contributed by atoms with Crippen LogP contribution in [0.2, 0.25) is 0 Å². The molecule has 1 atom stereocenters. The number of hydrogen-bond acceptors (Lipinski definition) is 2. The molecule has 1 N–H and O–H groups in total. The fourth-order valence-electron chi connectivity index (χ4n) is 2.63. The summed E-state index contributed by atoms with van der Waals surface area (Å²) < 4.78 is 0. The number of nitrogens with zero attached hydrogens (tertiary/aromatic N) is 1. The van der Waals surface area contributed by atoms with Crippen LogP contribution in [0.3, 0.4) is 0 Å². The van der Waals surface area contributed by atoms with Crippen LogP contribution in [0, 0.1) is 5.41 Å². The average molecular weight is 240 g/mol. The first-order valence-corrected chi connectivity index (χ1v) is 7.64. The third-order valence-electron chi connectivity index (χ3n) is 3.94. The van der Waals surface area contributed by atoms with E-state index < -0.39 is 0 Å². The lowest BCUT2D eigenvalue weighted by Gasteiger charge is -2.26. The van der Waals surface area contributed by atoms with Crippen LogP contribution in [0.25, 0.3) is 0 Å². The topological polar surface area (TPSA) is 24.4 Å². The highest BCUT2D eigenvalue weighted by Crippen LogP contribution is 2.37. The van der Waals surface area contributed by atoms with Crippen LogP contribution in [-0.2, 0) is 0 Å². The molecule has 16 heavy (non-hydrogen) atoms. The number of rotatable bonds is 3. The quantitative estimate of drug-likeness (QED) is 0.817. The summed E-state index contributed by atoms with van der Waals surface area (Å²) in [7, 11) is 0. The third kappa shape index (κ3) is 3.16. The molecule has 2 nitrogen and oxygen atoms in total. The monoisotopic (exact) mass is 240 g/mol. The Morgan fingerprint density at radius 2 is 2.19 bits per heavy atom. The molecule has 2 fully saturated rings. The van der Waals surface area contributed by atoms with E-state index in [1.165, 1.54) is 49.4 Å². The van der Waals surface area contributed by atoms with E-state index >= 15 is 0 Å². The SMILES string of the molecule is CCC1CCSC(=NCC2(C)CCCC2)N1. The second kappa shape index (κ2) is 5.44. The van der Waals surface area contributed by atoms with Gasteiger partial charge in [-0.1, -0.05) is 38.5 Å². The van der Waals surface area contributed by atoms with Gasteiger partial charge in [-0.05, 0) is 31.1 Å². The largest absolute Gasteiger partial charge is 0.362 e. The van der Waals surface area contributed by atoms with Crippen LogP contribution in [0.4, 0.5) is 0 Å². The predicted octanol–water partition coefficient (Wildman–Crippen LogP) is 3.43. The van der Waals surface area contributed by atoms with Gasteiger partial charge in [-0.3, -0.25) is 4.99 Å². The highest BCUT2D eigenvalue weighted by Gasteiger charge is 2.28. The summed E-state index contributed by atoms with van der Waals surface area (Å²) in [5, 5.41) is 4.76. The Labute approximate surface area is 104 Å². The molecule has 0 aromatic carbocycles. The van der Waals surface area contributed by atoms with E-state index in [-0.39, 0.29) is 0 Å². The Kier molecular flexibility index (Phi) is 4.17. The molecule has 1 saturated carbocycles. The number of nitrogens with one attached hydrogen (secondary N) is 1. The maximum atomic E-state index is 4.80. The van der Waals surface area contributed by atoms with Crippen molar-refractivity contribution in [3.05, 3.63) is 0 Å². The number of amidine groups is 1. The molecule has 0 aromatic heterocycles. The molecule has 2 rings (SSSR count). The average Bonchev–Trinajstić information content (AvgIpc) is 2.75. The maximum Gasteiger partial charge on any atom is 0.156 e. The summed E-state index contributed by atoms with van der Waals surface area (Å²) in [5.41, 5.74) is 0.494. The van der Waals surface area contributed by atoms with Gasteiger partial charge in [0.2, 0.25) is 0 Å². The van der Waals surface area contributed by atoms with E-state index in [9.17, 15) is 0 Å². The summed E-state index contributed by atoms with van der Waals surface area (Å²) in [6, 6.07) is 0.663. The zero-order valence-corrected chi connectivity index (χ0v) is 11.4. The predicted molar refractivity (Wildman–Crippen MR) is 73.2 cm³/mol. The molecule has 0 bridgehead atoms. The molecule has 1 unspecified atom stereocenters. The third-order valence-corrected chi connectivity index (χ3v) is 4.90. The lowest BCUT2D eigenvalue weighted by molar-refractivity contribution is 0.351. The van der Waals surface area contributed by atoms with E-state index in [1.807, 2.05) is 11.8 Å². The molecule has 2 aliphatic rings. The molecular formula is C13H24N2S. The first kappa shape index (κ1) is 12.3. The van der Waals surface area contributed by atoms with Gasteiger partial charge in [0.1, 0.15) is 0 Å². The summed E-state index contributed by atoms with van der Waals surface area (Å²) in [5.74, 6) is 1.24. The molecule has 1 aliphatic carbocycles. The van der Waals surface area contributed by atoms with Gasteiger partial charge in [-0.2, -0.15) is 0 Å². The number of hydrogen-bond donors (Lipinski definition) is 1. The van der Waals surface area contributed by atoms with Crippen LogP contribution in [0.15, 0.2) is 4.99 Å². The molecule has 0 amide bonds. The molecule has 92 valence electrons. The number of thioether (sulfide) groups is 1. The van der Waals surface area contributed by atoms with E-state index in [2.05, 4.69) is 19.2 Å². The lowest BCUT2D eigenvalue weighted by atomic mass is 9.89. The van der Waals surface area contributed by atoms with Crippen molar-refractivity contribution >= 4 is 16.9 Å². The minimum Gasteiger partial charge on any atom is -0.362 e. The molecule has 3 heteroatoms. The fraction of sp³-hybridized carbons (Fsp3) is 0.923. The summed E-state index contributed by atoms with van der Waals surface area (Å²) in [4.78, 5) is 4.80. The first-order chi connectivity index (χ1) is 7.72. The second-order valence-corrected chi connectivity index (χ2v) is 6.61. The van der Waals surface area contributed by atoms with E-state index in [4.69, 9.17) is 4.99 Å². The van der Waals surface area contributed by atoms with Gasteiger partial charge in [-0.25, -0.2) is 0 Å². The van der Waals surface area contributed by atoms with Gasteiger partial charge in [0, 0.05) is 18.3 Å². The van der Waals surface area contributed by atoms with Crippen molar-refractivity contribution in [3.63, 3.8) is 0 Å². The minimum absolute atomic E-state index is 0.494. The van der Waals surface area contributed by atoms with Crippen LogP contribution >= 0.6 is 11.8 Å². The fourth-order valence-corrected chi connectivity index (χ4v) is 3.63. The Balaban J connectivity index is 1.86. The minimum atomic E-state index is 0.494. The maximum absolute atomic E-state index is 4.80. The van der Waals surface area contributed by atoms with Gasteiger partial charge in [0.05, 0.1) is 0 Å². The van der Waals surface area contributed by atoms with E-state index in [0.29, 0.717) is 11.5 Å². The summed E-state index contributed by atoms with van der Waals surface area (Å²) >= 11 is 1.90. The van der Waals surface area contributed by atoms with E-state index in [1.54, 1.807) is 0 Å². The van der Waals surface area contributed by atoms with Crippen molar-refractivity contribution in [2.75, 3.05) is 12.3 Å². The smallest absolute Gasteiger partial charge is 0.156 e. The second-order valence-electron chi connectivity index (χ2n) is 5.53. The zero-order valence-electron chi connectivity index (χ0n) is 10.6. The molecule has 0 spiro atoms. The molecule has 0 aromatic rings. The highest BCUT2D eigenvalue weighted by atomic mass is 32.2. The Bertz CT molecular complexity index is 257. The molecule has 1 aliphatic heterocycles. The zero-order chi connectivity index (χ0) is 11.4. The Morgan fingerprint density at radius 1 is 1.44 bits per heavy atom. The van der Waals surface area contributed by atoms with Crippen LogP contribution in [0.1, 0.15) is 52.4 Å². The van der Waals surface area contributed by atoms with Crippen molar-refractivity contribution in [2.24, 2.45) is 10.4 Å². The van der Waals surface area contributed by atoms with Crippen LogP contribution < -0.4 is 5.32 Å². The number of aliphatic imine (C=N–C) groups is 1. The summed E-state index contributed by atoms with van der Waals surface area (Å²) in [6.45, 7) is 5.68. The van der Waals surface area contributed by atoms with Gasteiger partial charge in [-0.15, -0.1) is 0 Å². The van der Waals surface area contributed by atoms with Crippen molar-refractivity contribution in [2.45, 2.75) is 58.4 Å². The van der Waals surface area contributed by atoms with Crippen LogP contribution in [0.5, 0.6) is 0 Å². The van der Waals surface area contributed by atoms with Gasteiger partial charge < -0.3 is 5.32 Å².